The lowest BCUT2D eigenvalue weighted by Gasteiger charge is -2.06. The average molecular weight is 345 g/mol. The van der Waals surface area contributed by atoms with Crippen LogP contribution in [-0.2, 0) is 4.74 Å². The van der Waals surface area contributed by atoms with Gasteiger partial charge < -0.3 is 24.3 Å². The molecule has 0 amide bonds. The van der Waals surface area contributed by atoms with E-state index in [0.29, 0.717) is 33.9 Å². The molecule has 132 valence electrons. The van der Waals surface area contributed by atoms with E-state index in [2.05, 4.69) is 4.98 Å². The van der Waals surface area contributed by atoms with Gasteiger partial charge in [-0.05, 0) is 44.5 Å². The van der Waals surface area contributed by atoms with E-state index >= 15 is 0 Å². The van der Waals surface area contributed by atoms with Crippen LogP contribution in [0.15, 0.2) is 18.2 Å². The number of aliphatic hydroxyl groups is 1. The van der Waals surface area contributed by atoms with Crippen LogP contribution in [0.4, 0.5) is 0 Å². The highest BCUT2D eigenvalue weighted by molar-refractivity contribution is 5.99. The van der Waals surface area contributed by atoms with Crippen LogP contribution in [0.25, 0.3) is 0 Å². The van der Waals surface area contributed by atoms with Gasteiger partial charge in [0.05, 0.1) is 6.10 Å². The highest BCUT2D eigenvalue weighted by Gasteiger charge is 2.22. The molecule has 0 spiro atoms. The number of benzene rings is 1. The van der Waals surface area contributed by atoms with Crippen LogP contribution in [0.2, 0.25) is 0 Å². The molecule has 7 nitrogen and oxygen atoms in total. The lowest BCUT2D eigenvalue weighted by molar-refractivity contribution is 0.0468. The van der Waals surface area contributed by atoms with E-state index in [4.69, 9.17) is 14.2 Å². The summed E-state index contributed by atoms with van der Waals surface area (Å²) in [5.41, 5.74) is 2.59. The molecule has 1 aromatic heterocycles. The van der Waals surface area contributed by atoms with Gasteiger partial charge in [-0.1, -0.05) is 0 Å². The van der Waals surface area contributed by atoms with Gasteiger partial charge in [-0.3, -0.25) is 4.79 Å². The quantitative estimate of drug-likeness (QED) is 0.638. The number of rotatable bonds is 5. The van der Waals surface area contributed by atoms with Gasteiger partial charge in [-0.25, -0.2) is 4.79 Å². The fourth-order valence-electron chi connectivity index (χ4n) is 2.95. The van der Waals surface area contributed by atoms with Crippen molar-refractivity contribution in [3.8, 4) is 11.5 Å². The Morgan fingerprint density at radius 3 is 2.68 bits per heavy atom. The number of aliphatic hydroxyl groups excluding tert-OH is 1. The highest BCUT2D eigenvalue weighted by atomic mass is 16.7. The zero-order valence-corrected chi connectivity index (χ0v) is 14.2. The van der Waals surface area contributed by atoms with Gasteiger partial charge in [0.2, 0.25) is 6.79 Å². The molecule has 1 atom stereocenters. The molecule has 0 saturated heterocycles. The molecule has 2 heterocycles. The average Bonchev–Trinajstić information content (AvgIpc) is 3.15. The first kappa shape index (κ1) is 17.0. The first-order valence-electron chi connectivity index (χ1n) is 7.85. The van der Waals surface area contributed by atoms with Crippen molar-refractivity contribution < 1.29 is 28.9 Å². The van der Waals surface area contributed by atoms with Crippen LogP contribution in [0.1, 0.15) is 50.7 Å². The van der Waals surface area contributed by atoms with E-state index in [1.54, 1.807) is 39.0 Å². The third-order valence-electron chi connectivity index (χ3n) is 4.15. The van der Waals surface area contributed by atoms with Gasteiger partial charge in [0, 0.05) is 16.8 Å². The molecule has 0 fully saturated rings. The number of ether oxygens (including phenoxy) is 3. The molecule has 1 aromatic carbocycles. The van der Waals surface area contributed by atoms with Crippen LogP contribution < -0.4 is 9.47 Å². The Balaban J connectivity index is 1.68. The fourth-order valence-corrected chi connectivity index (χ4v) is 2.95. The maximum Gasteiger partial charge on any atom is 0.355 e. The maximum atomic E-state index is 12.2. The molecule has 3 rings (SSSR count). The summed E-state index contributed by atoms with van der Waals surface area (Å²) in [6, 6.07) is 4.80. The van der Waals surface area contributed by atoms with Crippen molar-refractivity contribution in [3.63, 3.8) is 0 Å². The molecule has 1 aliphatic rings. The molecule has 0 bridgehead atoms. The Kier molecular flexibility index (Phi) is 4.50. The fraction of sp³-hybridized carbons (Fsp3) is 0.333. The lowest BCUT2D eigenvalue weighted by atomic mass is 10.1. The van der Waals surface area contributed by atoms with Crippen LogP contribution in [-0.4, -0.2) is 35.2 Å². The van der Waals surface area contributed by atoms with Gasteiger partial charge in [-0.2, -0.15) is 0 Å². The van der Waals surface area contributed by atoms with Crippen molar-refractivity contribution in [2.45, 2.75) is 26.9 Å². The first-order chi connectivity index (χ1) is 11.9. The number of esters is 1. The molecule has 7 heteroatoms. The molecule has 2 N–H and O–H groups in total. The van der Waals surface area contributed by atoms with Crippen molar-refractivity contribution in [1.82, 2.24) is 4.98 Å². The number of hydrogen-bond acceptors (Lipinski definition) is 6. The van der Waals surface area contributed by atoms with Gasteiger partial charge in [0.1, 0.15) is 5.69 Å². The van der Waals surface area contributed by atoms with Crippen molar-refractivity contribution in [2.24, 2.45) is 0 Å². The van der Waals surface area contributed by atoms with E-state index in [1.165, 1.54) is 0 Å². The maximum absolute atomic E-state index is 12.2. The summed E-state index contributed by atoms with van der Waals surface area (Å²) in [7, 11) is 0. The van der Waals surface area contributed by atoms with Gasteiger partial charge >= 0.3 is 5.97 Å². The smallest absolute Gasteiger partial charge is 0.355 e. The number of aromatic nitrogens is 1. The van der Waals surface area contributed by atoms with Gasteiger partial charge in [0.15, 0.2) is 23.9 Å². The van der Waals surface area contributed by atoms with Crippen molar-refractivity contribution in [1.29, 1.82) is 0 Å². The largest absolute Gasteiger partial charge is 0.454 e. The second-order valence-electron chi connectivity index (χ2n) is 5.91. The normalized spacial score (nSPS) is 13.6. The molecular formula is C18H19NO6. The predicted octanol–water partition coefficient (Wildman–Crippen LogP) is 2.45. The third-order valence-corrected chi connectivity index (χ3v) is 4.15. The summed E-state index contributed by atoms with van der Waals surface area (Å²) in [5, 5.41) is 9.78. The van der Waals surface area contributed by atoms with Crippen molar-refractivity contribution >= 4 is 11.8 Å². The number of H-pyrrole nitrogens is 1. The minimum absolute atomic E-state index is 0.124. The number of aromatic amines is 1. The number of ketones is 1. The summed E-state index contributed by atoms with van der Waals surface area (Å²) >= 11 is 0. The summed E-state index contributed by atoms with van der Waals surface area (Å²) in [6.07, 6.45) is -0.701. The summed E-state index contributed by atoms with van der Waals surface area (Å²) in [6.45, 7) is 4.85. The van der Waals surface area contributed by atoms with E-state index in [-0.39, 0.29) is 24.9 Å². The van der Waals surface area contributed by atoms with E-state index < -0.39 is 12.1 Å². The Bertz CT molecular complexity index is 836. The molecule has 0 radical (unpaired) electrons. The van der Waals surface area contributed by atoms with E-state index in [0.717, 1.165) is 0 Å². The molecular weight excluding hydrogens is 326 g/mol. The second-order valence-corrected chi connectivity index (χ2v) is 5.91. The molecule has 0 unspecified atom stereocenters. The lowest BCUT2D eigenvalue weighted by Crippen LogP contribution is -2.15. The van der Waals surface area contributed by atoms with Crippen LogP contribution in [0, 0.1) is 13.8 Å². The Morgan fingerprint density at radius 2 is 2.00 bits per heavy atom. The number of nitrogens with one attached hydrogen (secondary N) is 1. The van der Waals surface area contributed by atoms with Crippen molar-refractivity contribution in [3.05, 3.63) is 46.3 Å². The number of aryl methyl sites for hydroxylation is 1. The zero-order chi connectivity index (χ0) is 18.1. The monoisotopic (exact) mass is 345 g/mol. The van der Waals surface area contributed by atoms with E-state index in [9.17, 15) is 14.7 Å². The minimum atomic E-state index is -0.701. The Hall–Kier alpha value is -2.80. The van der Waals surface area contributed by atoms with Crippen LogP contribution in [0.3, 0.4) is 0 Å². The predicted molar refractivity (Wildman–Crippen MR) is 88.1 cm³/mol. The summed E-state index contributed by atoms with van der Waals surface area (Å²) in [5.74, 6) is 0.0937. The van der Waals surface area contributed by atoms with Crippen molar-refractivity contribution in [2.75, 3.05) is 13.4 Å². The third kappa shape index (κ3) is 3.23. The SMILES string of the molecule is Cc1[nH]c(C(=O)OCC(=O)c2ccc3c(c2)OCO3)c(C)c1[C@H](C)O. The van der Waals surface area contributed by atoms with Gasteiger partial charge in [-0.15, -0.1) is 0 Å². The number of Topliss-reactive ketones (excluding diaryl/α,β-unsaturated/α-hetero) is 1. The minimum Gasteiger partial charge on any atom is -0.454 e. The Labute approximate surface area is 144 Å². The number of carbonyl (C=O) groups is 2. The molecule has 25 heavy (non-hydrogen) atoms. The second kappa shape index (κ2) is 6.60. The van der Waals surface area contributed by atoms with E-state index in [1.807, 2.05) is 0 Å². The molecule has 0 aliphatic carbocycles. The van der Waals surface area contributed by atoms with Gasteiger partial charge in [0.25, 0.3) is 0 Å². The number of fused-ring (bicyclic) bond motifs is 1. The zero-order valence-electron chi connectivity index (χ0n) is 14.2. The van der Waals surface area contributed by atoms with Crippen LogP contribution in [0.5, 0.6) is 11.5 Å². The van der Waals surface area contributed by atoms with Crippen LogP contribution >= 0.6 is 0 Å². The topological polar surface area (TPSA) is 97.9 Å². The highest BCUT2D eigenvalue weighted by Crippen LogP contribution is 2.32. The number of hydrogen-bond donors (Lipinski definition) is 2. The molecule has 1 aliphatic heterocycles. The molecule has 0 saturated carbocycles. The number of carbonyl (C=O) groups excluding carboxylic acids is 2. The summed E-state index contributed by atoms with van der Waals surface area (Å²) < 4.78 is 15.5. The standard InChI is InChI=1S/C18H19NO6/c1-9-16(11(3)20)10(2)19-17(9)18(22)23-7-13(21)12-4-5-14-15(6-12)25-8-24-14/h4-6,11,19-20H,7-8H2,1-3H3/t11-/m0/s1. The molecule has 2 aromatic rings. The summed E-state index contributed by atoms with van der Waals surface area (Å²) in [4.78, 5) is 27.4. The first-order valence-corrected chi connectivity index (χ1v) is 7.85. The Morgan fingerprint density at radius 1 is 1.28 bits per heavy atom.